The number of aromatic hydroxyl groups is 1. The van der Waals surface area contributed by atoms with Gasteiger partial charge in [-0.3, -0.25) is 15.2 Å². The van der Waals surface area contributed by atoms with Gasteiger partial charge in [0.2, 0.25) is 5.13 Å². The van der Waals surface area contributed by atoms with Gasteiger partial charge in [-0.1, -0.05) is 48.6 Å². The molecule has 3 rings (SSSR count). The quantitative estimate of drug-likeness (QED) is 0.330. The van der Waals surface area contributed by atoms with Crippen molar-refractivity contribution < 1.29 is 9.90 Å². The largest absolute Gasteiger partial charge is 0.507 e. The smallest absolute Gasteiger partial charge is 0.275 e. The van der Waals surface area contributed by atoms with Crippen molar-refractivity contribution in [2.75, 3.05) is 11.1 Å². The first kappa shape index (κ1) is 17.4. The van der Waals surface area contributed by atoms with Crippen molar-refractivity contribution >= 4 is 34.1 Å². The number of nitrogens with zero attached hydrogens (tertiary/aromatic N) is 3. The molecule has 25 heavy (non-hydrogen) atoms. The summed E-state index contributed by atoms with van der Waals surface area (Å²) in [4.78, 5) is 12.3. The summed E-state index contributed by atoms with van der Waals surface area (Å²) in [5.41, 5.74) is 1.34. The lowest BCUT2D eigenvalue weighted by atomic mass is 10.1. The van der Waals surface area contributed by atoms with Gasteiger partial charge in [0.25, 0.3) is 5.91 Å². The summed E-state index contributed by atoms with van der Waals surface area (Å²) in [5, 5.41) is 27.8. The summed E-state index contributed by atoms with van der Waals surface area (Å²) in [6.45, 7) is 2.14. The Labute approximate surface area is 152 Å². The maximum Gasteiger partial charge on any atom is 0.275 e. The molecule has 3 N–H and O–H groups in total. The number of phenolic OH excluding ortho intramolecular Hbond substituents is 1. The normalized spacial score (nSPS) is 10.8. The van der Waals surface area contributed by atoms with Gasteiger partial charge in [0.15, 0.2) is 4.34 Å². The van der Waals surface area contributed by atoms with Crippen molar-refractivity contribution in [3.63, 3.8) is 0 Å². The van der Waals surface area contributed by atoms with Crippen molar-refractivity contribution in [1.29, 1.82) is 0 Å². The van der Waals surface area contributed by atoms with Crippen molar-refractivity contribution in [2.24, 2.45) is 0 Å². The van der Waals surface area contributed by atoms with Gasteiger partial charge < -0.3 is 5.11 Å². The Morgan fingerprint density at radius 3 is 3.00 bits per heavy atom. The summed E-state index contributed by atoms with van der Waals surface area (Å²) in [6, 6.07) is 8.41. The average Bonchev–Trinajstić information content (AvgIpc) is 3.25. The molecule has 0 bridgehead atoms. The van der Waals surface area contributed by atoms with Crippen molar-refractivity contribution in [3.8, 4) is 17.0 Å². The number of amides is 1. The topological polar surface area (TPSA) is 104 Å². The van der Waals surface area contributed by atoms with Gasteiger partial charge in [-0.2, -0.15) is 5.10 Å². The highest BCUT2D eigenvalue weighted by Gasteiger charge is 2.15. The Morgan fingerprint density at radius 1 is 1.36 bits per heavy atom. The second kappa shape index (κ2) is 8.13. The number of nitrogens with one attached hydrogen (secondary N) is 2. The minimum atomic E-state index is -0.351. The summed E-state index contributed by atoms with van der Waals surface area (Å²) < 4.78 is 0.836. The van der Waals surface area contributed by atoms with Gasteiger partial charge in [-0.15, -0.1) is 10.2 Å². The number of hydrogen-bond acceptors (Lipinski definition) is 7. The number of aromatic nitrogens is 4. The number of aromatic amines is 1. The SMILES string of the molecule is CCCCSc1nnc(NC(=O)c2cc(-c3ccccc3O)n[nH]2)s1. The molecule has 0 saturated heterocycles. The number of unbranched alkanes of at least 4 members (excludes halogenated alkanes) is 1. The molecular weight excluding hydrogens is 358 g/mol. The molecule has 7 nitrogen and oxygen atoms in total. The molecular formula is C16H17N5O2S2. The average molecular weight is 375 g/mol. The number of rotatable bonds is 7. The zero-order valence-corrected chi connectivity index (χ0v) is 15.2. The van der Waals surface area contributed by atoms with Crippen LogP contribution in [0.5, 0.6) is 5.75 Å². The van der Waals surface area contributed by atoms with Crippen LogP contribution in [0.4, 0.5) is 5.13 Å². The van der Waals surface area contributed by atoms with Crippen molar-refractivity contribution in [1.82, 2.24) is 20.4 Å². The van der Waals surface area contributed by atoms with Crippen LogP contribution in [0.3, 0.4) is 0 Å². The van der Waals surface area contributed by atoms with E-state index in [1.54, 1.807) is 42.1 Å². The summed E-state index contributed by atoms with van der Waals surface area (Å²) in [6.07, 6.45) is 2.25. The number of anilines is 1. The predicted octanol–water partition coefficient (Wildman–Crippen LogP) is 3.78. The van der Waals surface area contributed by atoms with Crippen LogP contribution in [0, 0.1) is 0 Å². The van der Waals surface area contributed by atoms with Crippen LogP contribution >= 0.6 is 23.1 Å². The van der Waals surface area contributed by atoms with Crippen LogP contribution in [-0.2, 0) is 0 Å². The molecule has 0 fully saturated rings. The van der Waals surface area contributed by atoms with Crippen LogP contribution in [0.2, 0.25) is 0 Å². The highest BCUT2D eigenvalue weighted by molar-refractivity contribution is 8.01. The highest BCUT2D eigenvalue weighted by atomic mass is 32.2. The number of hydrogen-bond donors (Lipinski definition) is 3. The molecule has 0 aliphatic rings. The number of carbonyl (C=O) groups excluding carboxylic acids is 1. The first-order valence-electron chi connectivity index (χ1n) is 7.79. The summed E-state index contributed by atoms with van der Waals surface area (Å²) >= 11 is 2.98. The summed E-state index contributed by atoms with van der Waals surface area (Å²) in [7, 11) is 0. The second-order valence-corrected chi connectivity index (χ2v) is 7.53. The molecule has 0 aliphatic carbocycles. The molecule has 3 aromatic rings. The van der Waals surface area contributed by atoms with Crippen LogP contribution in [-0.4, -0.2) is 37.2 Å². The third kappa shape index (κ3) is 4.37. The van der Waals surface area contributed by atoms with E-state index in [0.717, 1.165) is 22.9 Å². The van der Waals surface area contributed by atoms with E-state index in [-0.39, 0.29) is 17.4 Å². The van der Waals surface area contributed by atoms with E-state index in [1.807, 2.05) is 0 Å². The molecule has 0 spiro atoms. The first-order chi connectivity index (χ1) is 12.2. The number of para-hydroxylation sites is 1. The molecule has 9 heteroatoms. The Bertz CT molecular complexity index is 862. The molecule has 0 radical (unpaired) electrons. The van der Waals surface area contributed by atoms with E-state index in [1.165, 1.54) is 11.3 Å². The lowest BCUT2D eigenvalue weighted by molar-refractivity contribution is 0.102. The number of H-pyrrole nitrogens is 1. The Morgan fingerprint density at radius 2 is 2.20 bits per heavy atom. The van der Waals surface area contributed by atoms with E-state index in [0.29, 0.717) is 16.4 Å². The number of thioether (sulfide) groups is 1. The van der Waals surface area contributed by atoms with E-state index in [4.69, 9.17) is 0 Å². The maximum absolute atomic E-state index is 12.3. The van der Waals surface area contributed by atoms with Gasteiger partial charge in [0.1, 0.15) is 11.4 Å². The van der Waals surface area contributed by atoms with E-state index < -0.39 is 0 Å². The van der Waals surface area contributed by atoms with Crippen LogP contribution < -0.4 is 5.32 Å². The molecule has 1 aromatic carbocycles. The minimum absolute atomic E-state index is 0.110. The van der Waals surface area contributed by atoms with Crippen LogP contribution in [0.25, 0.3) is 11.3 Å². The molecule has 0 unspecified atom stereocenters. The van der Waals surface area contributed by atoms with Gasteiger partial charge in [0.05, 0.1) is 5.69 Å². The molecule has 2 heterocycles. The Balaban J connectivity index is 1.65. The van der Waals surface area contributed by atoms with E-state index in [2.05, 4.69) is 32.6 Å². The predicted molar refractivity (Wildman–Crippen MR) is 99.2 cm³/mol. The number of benzene rings is 1. The fraction of sp³-hybridized carbons (Fsp3) is 0.250. The van der Waals surface area contributed by atoms with Crippen molar-refractivity contribution in [2.45, 2.75) is 24.1 Å². The van der Waals surface area contributed by atoms with Crippen molar-refractivity contribution in [3.05, 3.63) is 36.0 Å². The molecule has 0 atom stereocenters. The van der Waals surface area contributed by atoms with Gasteiger partial charge in [-0.05, 0) is 24.6 Å². The Hall–Kier alpha value is -2.39. The lowest BCUT2D eigenvalue weighted by Gasteiger charge is -1.98. The van der Waals surface area contributed by atoms with Gasteiger partial charge in [-0.25, -0.2) is 0 Å². The van der Waals surface area contributed by atoms with E-state index >= 15 is 0 Å². The zero-order valence-electron chi connectivity index (χ0n) is 13.5. The first-order valence-corrected chi connectivity index (χ1v) is 9.59. The standard InChI is InChI=1S/C16H17N5O2S2/c1-2-3-8-24-16-21-20-15(25-16)17-14(23)12-9-11(18-19-12)10-6-4-5-7-13(10)22/h4-7,9,22H,2-3,8H2,1H3,(H,18,19)(H,17,20,23). The fourth-order valence-electron chi connectivity index (χ4n) is 2.05. The summed E-state index contributed by atoms with van der Waals surface area (Å²) in [5.74, 6) is 0.748. The van der Waals surface area contributed by atoms with E-state index in [9.17, 15) is 9.90 Å². The third-order valence-electron chi connectivity index (χ3n) is 3.35. The monoisotopic (exact) mass is 375 g/mol. The highest BCUT2D eigenvalue weighted by Crippen LogP contribution is 2.28. The molecule has 130 valence electrons. The van der Waals surface area contributed by atoms with Crippen LogP contribution in [0.15, 0.2) is 34.7 Å². The van der Waals surface area contributed by atoms with Gasteiger partial charge >= 0.3 is 0 Å². The zero-order chi connectivity index (χ0) is 17.6. The number of phenols is 1. The molecule has 0 saturated carbocycles. The fourth-order valence-corrected chi connectivity index (χ4v) is 3.95. The van der Waals surface area contributed by atoms with Crippen LogP contribution in [0.1, 0.15) is 30.3 Å². The minimum Gasteiger partial charge on any atom is -0.507 e. The maximum atomic E-state index is 12.3. The van der Waals surface area contributed by atoms with Gasteiger partial charge in [0, 0.05) is 11.3 Å². The second-order valence-electron chi connectivity index (χ2n) is 5.21. The molecule has 0 aliphatic heterocycles. The lowest BCUT2D eigenvalue weighted by Crippen LogP contribution is -2.12. The Kier molecular flexibility index (Phi) is 5.67. The molecule has 2 aromatic heterocycles. The third-order valence-corrected chi connectivity index (χ3v) is 5.41. The number of carbonyl (C=O) groups is 1. The molecule has 1 amide bonds.